The van der Waals surface area contributed by atoms with Gasteiger partial charge < -0.3 is 10.1 Å². The van der Waals surface area contributed by atoms with Crippen LogP contribution in [0.5, 0.6) is 0 Å². The minimum atomic E-state index is -0.786. The van der Waals surface area contributed by atoms with Gasteiger partial charge >= 0.3 is 5.97 Å². The lowest BCUT2D eigenvalue weighted by atomic mass is 10.1. The third-order valence-corrected chi connectivity index (χ3v) is 5.34. The molecule has 0 unspecified atom stereocenters. The Morgan fingerprint density at radius 1 is 1.29 bits per heavy atom. The molecule has 1 aliphatic heterocycles. The number of nitrogens with one attached hydrogen (secondary N) is 1. The first-order valence-corrected chi connectivity index (χ1v) is 9.16. The van der Waals surface area contributed by atoms with Gasteiger partial charge in [0, 0.05) is 0 Å². The molecule has 0 saturated carbocycles. The number of amides is 2. The van der Waals surface area contributed by atoms with E-state index in [2.05, 4.69) is 5.32 Å². The van der Waals surface area contributed by atoms with Crippen LogP contribution < -0.4 is 10.2 Å². The molecule has 3 rings (SSSR count). The second-order valence-electron chi connectivity index (χ2n) is 5.88. The normalized spacial score (nSPS) is 12.5. The van der Waals surface area contributed by atoms with Crippen LogP contribution in [0.25, 0.3) is 0 Å². The molecule has 0 bridgehead atoms. The lowest BCUT2D eigenvalue weighted by Crippen LogP contribution is -2.37. The van der Waals surface area contributed by atoms with Crippen LogP contribution in [-0.4, -0.2) is 36.7 Å². The van der Waals surface area contributed by atoms with Crippen LogP contribution in [0.4, 0.5) is 10.7 Å². The first kappa shape index (κ1) is 19.3. The zero-order chi connectivity index (χ0) is 20.4. The number of nitriles is 1. The monoisotopic (exact) mass is 397 g/mol. The fraction of sp³-hybridized carbons (Fsp3) is 0.211. The fourth-order valence-corrected chi connectivity index (χ4v) is 3.91. The molecule has 2 amide bonds. The summed E-state index contributed by atoms with van der Waals surface area (Å²) in [5, 5.41) is 12.1. The maximum Gasteiger partial charge on any atom is 0.348 e. The van der Waals surface area contributed by atoms with Crippen molar-refractivity contribution in [1.29, 1.82) is 5.26 Å². The highest BCUT2D eigenvalue weighted by Crippen LogP contribution is 2.33. The van der Waals surface area contributed by atoms with Crippen LogP contribution in [0.15, 0.2) is 24.3 Å². The Balaban J connectivity index is 1.82. The van der Waals surface area contributed by atoms with Crippen molar-refractivity contribution in [2.24, 2.45) is 0 Å². The van der Waals surface area contributed by atoms with Crippen molar-refractivity contribution in [3.63, 3.8) is 0 Å². The van der Waals surface area contributed by atoms with Gasteiger partial charge in [-0.25, -0.2) is 4.79 Å². The second kappa shape index (κ2) is 7.62. The van der Waals surface area contributed by atoms with Gasteiger partial charge in [-0.2, -0.15) is 5.26 Å². The minimum Gasteiger partial charge on any atom is -0.462 e. The Morgan fingerprint density at radius 3 is 2.68 bits per heavy atom. The average Bonchev–Trinajstić information content (AvgIpc) is 3.11. The number of benzene rings is 1. The van der Waals surface area contributed by atoms with Gasteiger partial charge in [0.1, 0.15) is 22.5 Å². The van der Waals surface area contributed by atoms with Crippen LogP contribution >= 0.6 is 11.3 Å². The Hall–Kier alpha value is -3.51. The number of nitrogens with zero attached hydrogens (tertiary/aromatic N) is 2. The highest BCUT2D eigenvalue weighted by atomic mass is 32.1. The van der Waals surface area contributed by atoms with Gasteiger partial charge in [-0.1, -0.05) is 12.1 Å². The number of anilines is 2. The molecule has 0 saturated heterocycles. The maximum absolute atomic E-state index is 12.5. The van der Waals surface area contributed by atoms with Crippen LogP contribution in [0.1, 0.15) is 38.1 Å². The Morgan fingerprint density at radius 2 is 2.00 bits per heavy atom. The van der Waals surface area contributed by atoms with Crippen LogP contribution in [-0.2, 0) is 14.3 Å². The summed E-state index contributed by atoms with van der Waals surface area (Å²) in [7, 11) is 0. The van der Waals surface area contributed by atoms with E-state index in [-0.39, 0.29) is 27.6 Å². The van der Waals surface area contributed by atoms with E-state index in [0.717, 1.165) is 16.2 Å². The molecule has 8 nitrogen and oxygen atoms in total. The van der Waals surface area contributed by atoms with Crippen molar-refractivity contribution >= 4 is 45.6 Å². The molecule has 0 fully saturated rings. The minimum absolute atomic E-state index is 0.158. The topological polar surface area (TPSA) is 117 Å². The third-order valence-electron chi connectivity index (χ3n) is 4.15. The number of ether oxygens (including phenoxy) is 1. The van der Waals surface area contributed by atoms with Crippen LogP contribution in [0.3, 0.4) is 0 Å². The van der Waals surface area contributed by atoms with E-state index in [1.807, 2.05) is 6.07 Å². The third kappa shape index (κ3) is 3.25. The van der Waals surface area contributed by atoms with Gasteiger partial charge in [0.05, 0.1) is 23.4 Å². The maximum atomic E-state index is 12.5. The van der Waals surface area contributed by atoms with Gasteiger partial charge in [0.2, 0.25) is 5.91 Å². The molecule has 2 aromatic rings. The largest absolute Gasteiger partial charge is 0.462 e. The molecule has 28 heavy (non-hydrogen) atoms. The SMILES string of the molecule is CCOC(=O)c1sc(NC(=O)CN2C(=O)C(=O)c3ccccc32)c(C#N)c1C. The molecule has 2 heterocycles. The molecule has 1 aromatic carbocycles. The molecule has 0 atom stereocenters. The smallest absolute Gasteiger partial charge is 0.348 e. The summed E-state index contributed by atoms with van der Waals surface area (Å²) in [6.45, 7) is 3.05. The highest BCUT2D eigenvalue weighted by molar-refractivity contribution is 7.18. The molecule has 142 valence electrons. The van der Waals surface area contributed by atoms with Crippen LogP contribution in [0, 0.1) is 18.3 Å². The number of esters is 1. The summed E-state index contributed by atoms with van der Waals surface area (Å²) in [5.41, 5.74) is 1.18. The molecule has 1 aliphatic rings. The standard InChI is InChI=1S/C19H15N3O5S/c1-3-27-19(26)16-10(2)12(8-20)17(28-16)21-14(23)9-22-13-7-5-4-6-11(13)15(24)18(22)25/h4-7H,3,9H2,1-2H3,(H,21,23). The highest BCUT2D eigenvalue weighted by Gasteiger charge is 2.36. The summed E-state index contributed by atoms with van der Waals surface area (Å²) >= 11 is 0.933. The number of rotatable bonds is 5. The van der Waals surface area contributed by atoms with E-state index in [9.17, 15) is 24.4 Å². The zero-order valence-electron chi connectivity index (χ0n) is 15.1. The van der Waals surface area contributed by atoms with Gasteiger partial charge in [0.25, 0.3) is 11.7 Å². The van der Waals surface area contributed by atoms with Crippen molar-refractivity contribution in [3.05, 3.63) is 45.8 Å². The molecular weight excluding hydrogens is 382 g/mol. The van der Waals surface area contributed by atoms with Crippen molar-refractivity contribution in [3.8, 4) is 6.07 Å². The number of ketones is 1. The Kier molecular flexibility index (Phi) is 5.24. The molecule has 1 N–H and O–H groups in total. The molecule has 0 aliphatic carbocycles. The predicted molar refractivity (Wildman–Crippen MR) is 101 cm³/mol. The quantitative estimate of drug-likeness (QED) is 0.611. The van der Waals surface area contributed by atoms with Crippen molar-refractivity contribution in [1.82, 2.24) is 0 Å². The number of carbonyl (C=O) groups is 4. The Bertz CT molecular complexity index is 1050. The second-order valence-corrected chi connectivity index (χ2v) is 6.90. The molecule has 1 aromatic heterocycles. The predicted octanol–water partition coefficient (Wildman–Crippen LogP) is 2.27. The van der Waals surface area contributed by atoms with Crippen LogP contribution in [0.2, 0.25) is 0 Å². The average molecular weight is 397 g/mol. The van der Waals surface area contributed by atoms with E-state index in [1.165, 1.54) is 6.07 Å². The molecular formula is C19H15N3O5S. The number of Topliss-reactive ketones (excluding diaryl/α,β-unsaturated/α-hetero) is 1. The summed E-state index contributed by atoms with van der Waals surface area (Å²) in [5.74, 6) is -2.62. The van der Waals surface area contributed by atoms with Gasteiger partial charge in [-0.15, -0.1) is 11.3 Å². The Labute approximate surface area is 164 Å². The molecule has 0 radical (unpaired) electrons. The number of para-hydroxylation sites is 1. The first-order valence-electron chi connectivity index (χ1n) is 8.34. The summed E-state index contributed by atoms with van der Waals surface area (Å²) < 4.78 is 4.96. The van der Waals surface area contributed by atoms with E-state index in [0.29, 0.717) is 11.3 Å². The number of hydrogen-bond donors (Lipinski definition) is 1. The number of thiophene rings is 1. The summed E-state index contributed by atoms with van der Waals surface area (Å²) in [6, 6.07) is 8.37. The number of carbonyl (C=O) groups excluding carboxylic acids is 4. The summed E-state index contributed by atoms with van der Waals surface area (Å²) in [4.78, 5) is 50.0. The number of hydrogen-bond acceptors (Lipinski definition) is 7. The van der Waals surface area contributed by atoms with Crippen molar-refractivity contribution in [2.75, 3.05) is 23.4 Å². The van der Waals surface area contributed by atoms with Gasteiger partial charge in [0.15, 0.2) is 0 Å². The molecule has 9 heteroatoms. The lowest BCUT2D eigenvalue weighted by molar-refractivity contribution is -0.118. The van der Waals surface area contributed by atoms with E-state index < -0.39 is 30.1 Å². The van der Waals surface area contributed by atoms with E-state index >= 15 is 0 Å². The number of fused-ring (bicyclic) bond motifs is 1. The van der Waals surface area contributed by atoms with Crippen molar-refractivity contribution < 1.29 is 23.9 Å². The fourth-order valence-electron chi connectivity index (χ4n) is 2.84. The van der Waals surface area contributed by atoms with Gasteiger partial charge in [-0.05, 0) is 31.5 Å². The van der Waals surface area contributed by atoms with E-state index in [4.69, 9.17) is 4.74 Å². The zero-order valence-corrected chi connectivity index (χ0v) is 15.9. The van der Waals surface area contributed by atoms with Crippen molar-refractivity contribution in [2.45, 2.75) is 13.8 Å². The molecule has 0 spiro atoms. The van der Waals surface area contributed by atoms with Gasteiger partial charge in [-0.3, -0.25) is 19.3 Å². The summed E-state index contributed by atoms with van der Waals surface area (Å²) in [6.07, 6.45) is 0. The lowest BCUT2D eigenvalue weighted by Gasteiger charge is -2.15. The van der Waals surface area contributed by atoms with E-state index in [1.54, 1.807) is 32.0 Å². The first-order chi connectivity index (χ1) is 13.4.